The molecule has 0 heterocycles. The van der Waals surface area contributed by atoms with Gasteiger partial charge >= 0.3 is 0 Å². The zero-order valence-electron chi connectivity index (χ0n) is 13.6. The Morgan fingerprint density at radius 1 is 1.14 bits per heavy atom. The second-order valence-electron chi connectivity index (χ2n) is 6.31. The van der Waals surface area contributed by atoms with Crippen molar-refractivity contribution >= 4 is 11.6 Å². The Hall–Kier alpha value is -2.09. The zero-order valence-corrected chi connectivity index (χ0v) is 13.6. The maximum absolute atomic E-state index is 12.7. The highest BCUT2D eigenvalue weighted by Gasteiger charge is 2.26. The fraction of sp³-hybridized carbons (Fsp3) is 0.350. The SMILES string of the molecule is Cc1cccc(N(C)C(=O)CC2CCc3ccccc32)c1C. The van der Waals surface area contributed by atoms with E-state index in [1.165, 1.54) is 22.3 Å². The summed E-state index contributed by atoms with van der Waals surface area (Å²) >= 11 is 0. The fourth-order valence-corrected chi connectivity index (χ4v) is 3.44. The number of rotatable bonds is 3. The van der Waals surface area contributed by atoms with Gasteiger partial charge in [-0.25, -0.2) is 0 Å². The Balaban J connectivity index is 1.77. The molecule has 0 saturated heterocycles. The minimum atomic E-state index is 0.204. The smallest absolute Gasteiger partial charge is 0.227 e. The molecule has 0 fully saturated rings. The summed E-state index contributed by atoms with van der Waals surface area (Å²) in [6.07, 6.45) is 2.79. The second kappa shape index (κ2) is 5.96. The minimum Gasteiger partial charge on any atom is -0.315 e. The predicted octanol–water partition coefficient (Wildman–Crippen LogP) is 4.39. The summed E-state index contributed by atoms with van der Waals surface area (Å²) in [5.41, 5.74) is 6.21. The number of fused-ring (bicyclic) bond motifs is 1. The molecule has 0 saturated carbocycles. The standard InChI is InChI=1S/C20H23NO/c1-14-7-6-10-19(15(14)2)21(3)20(22)13-17-12-11-16-8-4-5-9-18(16)17/h4-10,17H,11-13H2,1-3H3. The fourth-order valence-electron chi connectivity index (χ4n) is 3.44. The Morgan fingerprint density at radius 2 is 1.91 bits per heavy atom. The van der Waals surface area contributed by atoms with Crippen LogP contribution in [-0.2, 0) is 11.2 Å². The molecule has 2 aromatic rings. The lowest BCUT2D eigenvalue weighted by Gasteiger charge is -2.22. The largest absolute Gasteiger partial charge is 0.315 e. The summed E-state index contributed by atoms with van der Waals surface area (Å²) in [7, 11) is 1.89. The number of carbonyl (C=O) groups is 1. The van der Waals surface area contributed by atoms with Crippen molar-refractivity contribution in [3.8, 4) is 0 Å². The van der Waals surface area contributed by atoms with Gasteiger partial charge < -0.3 is 4.90 Å². The molecule has 1 aliphatic rings. The Kier molecular flexibility index (Phi) is 4.02. The highest BCUT2D eigenvalue weighted by Crippen LogP contribution is 2.36. The van der Waals surface area contributed by atoms with E-state index in [0.29, 0.717) is 12.3 Å². The van der Waals surface area contributed by atoms with Crippen LogP contribution in [0.3, 0.4) is 0 Å². The molecule has 0 aromatic heterocycles. The number of aryl methyl sites for hydroxylation is 2. The number of hydrogen-bond acceptors (Lipinski definition) is 1. The molecule has 2 heteroatoms. The van der Waals surface area contributed by atoms with Crippen LogP contribution in [0, 0.1) is 13.8 Å². The van der Waals surface area contributed by atoms with Crippen LogP contribution in [-0.4, -0.2) is 13.0 Å². The lowest BCUT2D eigenvalue weighted by Crippen LogP contribution is -2.28. The normalized spacial score (nSPS) is 16.4. The van der Waals surface area contributed by atoms with Gasteiger partial charge in [0.1, 0.15) is 0 Å². The van der Waals surface area contributed by atoms with Crippen LogP contribution in [0.4, 0.5) is 5.69 Å². The van der Waals surface area contributed by atoms with E-state index in [4.69, 9.17) is 0 Å². The van der Waals surface area contributed by atoms with Gasteiger partial charge in [-0.1, -0.05) is 36.4 Å². The van der Waals surface area contributed by atoms with E-state index >= 15 is 0 Å². The Bertz CT molecular complexity index is 705. The summed E-state index contributed by atoms with van der Waals surface area (Å²) in [5, 5.41) is 0. The van der Waals surface area contributed by atoms with Gasteiger partial charge in [0.2, 0.25) is 5.91 Å². The average molecular weight is 293 g/mol. The van der Waals surface area contributed by atoms with Crippen LogP contribution < -0.4 is 4.90 Å². The Labute approximate surface area is 132 Å². The molecule has 0 bridgehead atoms. The van der Waals surface area contributed by atoms with Gasteiger partial charge in [0.25, 0.3) is 0 Å². The van der Waals surface area contributed by atoms with Crippen LogP contribution in [0.25, 0.3) is 0 Å². The molecular weight excluding hydrogens is 270 g/mol. The lowest BCUT2D eigenvalue weighted by atomic mass is 9.97. The topological polar surface area (TPSA) is 20.3 Å². The third kappa shape index (κ3) is 2.66. The monoisotopic (exact) mass is 293 g/mol. The van der Waals surface area contributed by atoms with Gasteiger partial charge in [0, 0.05) is 19.2 Å². The van der Waals surface area contributed by atoms with E-state index in [9.17, 15) is 4.79 Å². The molecule has 22 heavy (non-hydrogen) atoms. The number of carbonyl (C=O) groups excluding carboxylic acids is 1. The van der Waals surface area contributed by atoms with Crippen LogP contribution in [0.15, 0.2) is 42.5 Å². The molecule has 0 aliphatic heterocycles. The van der Waals surface area contributed by atoms with Gasteiger partial charge in [-0.15, -0.1) is 0 Å². The molecule has 1 aliphatic carbocycles. The van der Waals surface area contributed by atoms with Crippen molar-refractivity contribution in [2.24, 2.45) is 0 Å². The molecule has 1 atom stereocenters. The number of anilines is 1. The van der Waals surface area contributed by atoms with Crippen LogP contribution >= 0.6 is 0 Å². The molecule has 0 spiro atoms. The first-order valence-corrected chi connectivity index (χ1v) is 7.98. The van der Waals surface area contributed by atoms with Crippen molar-refractivity contribution in [3.63, 3.8) is 0 Å². The van der Waals surface area contributed by atoms with Gasteiger partial charge in [0.15, 0.2) is 0 Å². The number of amides is 1. The van der Waals surface area contributed by atoms with Crippen molar-refractivity contribution < 1.29 is 4.79 Å². The van der Waals surface area contributed by atoms with E-state index in [2.05, 4.69) is 44.2 Å². The van der Waals surface area contributed by atoms with E-state index < -0.39 is 0 Å². The minimum absolute atomic E-state index is 0.204. The molecular formula is C20H23NO. The third-order valence-electron chi connectivity index (χ3n) is 4.99. The van der Waals surface area contributed by atoms with E-state index in [1.807, 2.05) is 24.1 Å². The van der Waals surface area contributed by atoms with Crippen LogP contribution in [0.5, 0.6) is 0 Å². The summed E-state index contributed by atoms with van der Waals surface area (Å²) < 4.78 is 0. The first-order chi connectivity index (χ1) is 10.6. The van der Waals surface area contributed by atoms with Gasteiger partial charge in [-0.05, 0) is 60.9 Å². The molecule has 2 aromatic carbocycles. The maximum atomic E-state index is 12.7. The Morgan fingerprint density at radius 3 is 2.73 bits per heavy atom. The van der Waals surface area contributed by atoms with Crippen LogP contribution in [0.2, 0.25) is 0 Å². The second-order valence-corrected chi connectivity index (χ2v) is 6.31. The van der Waals surface area contributed by atoms with Gasteiger partial charge in [0.05, 0.1) is 0 Å². The van der Waals surface area contributed by atoms with Gasteiger partial charge in [-0.3, -0.25) is 4.79 Å². The van der Waals surface area contributed by atoms with Crippen molar-refractivity contribution in [2.75, 3.05) is 11.9 Å². The first kappa shape index (κ1) is 14.8. The zero-order chi connectivity index (χ0) is 15.7. The molecule has 1 unspecified atom stereocenters. The van der Waals surface area contributed by atoms with Crippen molar-refractivity contribution in [2.45, 2.75) is 39.0 Å². The summed E-state index contributed by atoms with van der Waals surface area (Å²) in [6, 6.07) is 14.7. The quantitative estimate of drug-likeness (QED) is 0.822. The third-order valence-corrected chi connectivity index (χ3v) is 4.99. The van der Waals surface area contributed by atoms with Gasteiger partial charge in [-0.2, -0.15) is 0 Å². The number of benzene rings is 2. The first-order valence-electron chi connectivity index (χ1n) is 7.98. The highest BCUT2D eigenvalue weighted by atomic mass is 16.2. The van der Waals surface area contributed by atoms with Crippen molar-refractivity contribution in [1.82, 2.24) is 0 Å². The molecule has 0 radical (unpaired) electrons. The molecule has 3 rings (SSSR count). The average Bonchev–Trinajstić information content (AvgIpc) is 2.92. The van der Waals surface area contributed by atoms with Crippen molar-refractivity contribution in [1.29, 1.82) is 0 Å². The molecule has 1 amide bonds. The number of hydrogen-bond donors (Lipinski definition) is 0. The summed E-state index contributed by atoms with van der Waals surface area (Å²) in [5.74, 6) is 0.576. The summed E-state index contributed by atoms with van der Waals surface area (Å²) in [4.78, 5) is 14.5. The molecule has 2 nitrogen and oxygen atoms in total. The molecule has 0 N–H and O–H groups in total. The highest BCUT2D eigenvalue weighted by molar-refractivity contribution is 5.94. The van der Waals surface area contributed by atoms with Crippen molar-refractivity contribution in [3.05, 3.63) is 64.7 Å². The number of nitrogens with zero attached hydrogens (tertiary/aromatic N) is 1. The maximum Gasteiger partial charge on any atom is 0.227 e. The predicted molar refractivity (Wildman–Crippen MR) is 91.4 cm³/mol. The lowest BCUT2D eigenvalue weighted by molar-refractivity contribution is -0.118. The summed E-state index contributed by atoms with van der Waals surface area (Å²) in [6.45, 7) is 4.17. The molecule has 114 valence electrons. The van der Waals surface area contributed by atoms with Crippen LogP contribution in [0.1, 0.15) is 41.0 Å². The van der Waals surface area contributed by atoms with E-state index in [0.717, 1.165) is 18.5 Å². The van der Waals surface area contributed by atoms with E-state index in [1.54, 1.807) is 0 Å². The van der Waals surface area contributed by atoms with E-state index in [-0.39, 0.29) is 5.91 Å².